The van der Waals surface area contributed by atoms with Crippen LogP contribution in [0.15, 0.2) is 18.2 Å². The van der Waals surface area contributed by atoms with Crippen LogP contribution in [-0.2, 0) is 0 Å². The molecule has 0 spiro atoms. The van der Waals surface area contributed by atoms with E-state index < -0.39 is 0 Å². The summed E-state index contributed by atoms with van der Waals surface area (Å²) in [6, 6.07) is 4.98. The minimum absolute atomic E-state index is 0.0588. The van der Waals surface area contributed by atoms with Crippen molar-refractivity contribution in [2.45, 2.75) is 51.6 Å². The summed E-state index contributed by atoms with van der Waals surface area (Å²) in [4.78, 5) is 2.32. The second-order valence-corrected chi connectivity index (χ2v) is 5.96. The Kier molecular flexibility index (Phi) is 4.46. The molecule has 2 rings (SSSR count). The number of aromatic hydroxyl groups is 1. The predicted molar refractivity (Wildman–Crippen MR) is 75.7 cm³/mol. The van der Waals surface area contributed by atoms with Gasteiger partial charge in [-0.3, -0.25) is 4.90 Å². The molecular weight excluding hydrogens is 241 g/mol. The quantitative estimate of drug-likeness (QED) is 0.889. The predicted octanol–water partition coefficient (Wildman–Crippen LogP) is 4.10. The van der Waals surface area contributed by atoms with E-state index in [9.17, 15) is 9.50 Å². The summed E-state index contributed by atoms with van der Waals surface area (Å²) in [5.74, 6) is 0.505. The van der Waals surface area contributed by atoms with E-state index in [1.807, 2.05) is 0 Å². The third kappa shape index (κ3) is 3.27. The minimum Gasteiger partial charge on any atom is -0.508 e. The highest BCUT2D eigenvalue weighted by Crippen LogP contribution is 2.34. The van der Waals surface area contributed by atoms with E-state index in [0.29, 0.717) is 6.04 Å². The lowest BCUT2D eigenvalue weighted by Crippen LogP contribution is -2.36. The van der Waals surface area contributed by atoms with Gasteiger partial charge in [-0.25, -0.2) is 4.39 Å². The molecule has 1 N–H and O–H groups in total. The Labute approximate surface area is 115 Å². The van der Waals surface area contributed by atoms with Crippen LogP contribution in [0.4, 0.5) is 4.39 Å². The summed E-state index contributed by atoms with van der Waals surface area (Å²) >= 11 is 0. The van der Waals surface area contributed by atoms with E-state index in [4.69, 9.17) is 0 Å². The maximum atomic E-state index is 13.0. The first-order chi connectivity index (χ1) is 8.99. The van der Waals surface area contributed by atoms with Crippen molar-refractivity contribution in [1.29, 1.82) is 0 Å². The van der Waals surface area contributed by atoms with Gasteiger partial charge >= 0.3 is 0 Å². The third-order valence-corrected chi connectivity index (χ3v) is 4.61. The third-order valence-electron chi connectivity index (χ3n) is 4.61. The van der Waals surface area contributed by atoms with Gasteiger partial charge in [-0.2, -0.15) is 0 Å². The van der Waals surface area contributed by atoms with E-state index in [1.54, 1.807) is 6.07 Å². The number of phenolic OH excluding ortho intramolecular Hbond substituents is 1. The van der Waals surface area contributed by atoms with Crippen molar-refractivity contribution in [1.82, 2.24) is 4.90 Å². The van der Waals surface area contributed by atoms with Gasteiger partial charge in [0, 0.05) is 23.7 Å². The molecule has 19 heavy (non-hydrogen) atoms. The summed E-state index contributed by atoms with van der Waals surface area (Å²) in [6.45, 7) is 4.39. The molecule has 1 atom stereocenters. The van der Waals surface area contributed by atoms with Crippen molar-refractivity contribution in [3.8, 4) is 5.75 Å². The number of halogens is 1. The largest absolute Gasteiger partial charge is 0.508 e. The molecule has 0 radical (unpaired) electrons. The van der Waals surface area contributed by atoms with Crippen LogP contribution in [0, 0.1) is 11.7 Å². The van der Waals surface area contributed by atoms with Crippen LogP contribution >= 0.6 is 0 Å². The number of rotatable bonds is 3. The standard InChI is InChI=1S/C16H24FNO/c1-11-4-7-14(8-5-11)18(3)12(2)15-9-6-13(17)10-16(15)19/h6,9-12,14,19H,4-5,7-8H2,1-3H3. The maximum Gasteiger partial charge on any atom is 0.126 e. The Hall–Kier alpha value is -1.09. The molecule has 0 aromatic heterocycles. The molecule has 1 aliphatic rings. The van der Waals surface area contributed by atoms with Gasteiger partial charge in [0.15, 0.2) is 0 Å². The number of hydrogen-bond acceptors (Lipinski definition) is 2. The Morgan fingerprint density at radius 3 is 2.47 bits per heavy atom. The summed E-state index contributed by atoms with van der Waals surface area (Å²) < 4.78 is 13.0. The van der Waals surface area contributed by atoms with E-state index in [2.05, 4.69) is 25.8 Å². The van der Waals surface area contributed by atoms with Gasteiger partial charge in [-0.15, -0.1) is 0 Å². The molecule has 106 valence electrons. The van der Waals surface area contributed by atoms with Gasteiger partial charge in [0.1, 0.15) is 11.6 Å². The second-order valence-electron chi connectivity index (χ2n) is 5.96. The molecule has 0 bridgehead atoms. The average Bonchev–Trinajstić information content (AvgIpc) is 2.38. The Morgan fingerprint density at radius 2 is 1.89 bits per heavy atom. The van der Waals surface area contributed by atoms with Crippen molar-refractivity contribution in [2.75, 3.05) is 7.05 Å². The highest BCUT2D eigenvalue weighted by atomic mass is 19.1. The van der Waals surface area contributed by atoms with Crippen molar-refractivity contribution >= 4 is 0 Å². The SMILES string of the molecule is CC1CCC(N(C)C(C)c2ccc(F)cc2O)CC1. The number of phenols is 1. The van der Waals surface area contributed by atoms with E-state index in [0.717, 1.165) is 11.5 Å². The highest BCUT2D eigenvalue weighted by molar-refractivity contribution is 5.35. The summed E-state index contributed by atoms with van der Waals surface area (Å²) in [5.41, 5.74) is 0.808. The lowest BCUT2D eigenvalue weighted by molar-refractivity contribution is 0.130. The Bertz CT molecular complexity index is 427. The van der Waals surface area contributed by atoms with Gasteiger partial charge in [0.25, 0.3) is 0 Å². The summed E-state index contributed by atoms with van der Waals surface area (Å²) in [5, 5.41) is 9.88. The van der Waals surface area contributed by atoms with Crippen LogP contribution in [0.2, 0.25) is 0 Å². The molecule has 0 aliphatic heterocycles. The second kappa shape index (κ2) is 5.91. The molecule has 0 amide bonds. The maximum absolute atomic E-state index is 13.0. The Balaban J connectivity index is 2.08. The molecule has 0 heterocycles. The summed E-state index contributed by atoms with van der Waals surface area (Å²) in [7, 11) is 2.11. The average molecular weight is 265 g/mol. The van der Waals surface area contributed by atoms with Gasteiger partial charge in [-0.05, 0) is 51.6 Å². The van der Waals surface area contributed by atoms with Crippen LogP contribution in [0.3, 0.4) is 0 Å². The minimum atomic E-state index is -0.386. The highest BCUT2D eigenvalue weighted by Gasteiger charge is 2.26. The lowest BCUT2D eigenvalue weighted by atomic mass is 9.86. The number of nitrogens with zero attached hydrogens (tertiary/aromatic N) is 1. The topological polar surface area (TPSA) is 23.5 Å². The van der Waals surface area contributed by atoms with Crippen LogP contribution in [-0.4, -0.2) is 23.1 Å². The monoisotopic (exact) mass is 265 g/mol. The van der Waals surface area contributed by atoms with Crippen molar-refractivity contribution in [2.24, 2.45) is 5.92 Å². The van der Waals surface area contributed by atoms with Crippen LogP contribution in [0.1, 0.15) is 51.1 Å². The molecule has 1 fully saturated rings. The van der Waals surface area contributed by atoms with E-state index in [1.165, 1.54) is 37.8 Å². The number of benzene rings is 1. The van der Waals surface area contributed by atoms with Gasteiger partial charge in [0.2, 0.25) is 0 Å². The van der Waals surface area contributed by atoms with Crippen molar-refractivity contribution in [3.63, 3.8) is 0 Å². The molecular formula is C16H24FNO. The molecule has 1 aliphatic carbocycles. The van der Waals surface area contributed by atoms with Gasteiger partial charge in [0.05, 0.1) is 0 Å². The zero-order valence-corrected chi connectivity index (χ0v) is 12.1. The fraction of sp³-hybridized carbons (Fsp3) is 0.625. The fourth-order valence-corrected chi connectivity index (χ4v) is 3.06. The van der Waals surface area contributed by atoms with Crippen molar-refractivity contribution < 1.29 is 9.50 Å². The molecule has 1 saturated carbocycles. The zero-order valence-electron chi connectivity index (χ0n) is 12.1. The fourth-order valence-electron chi connectivity index (χ4n) is 3.06. The summed E-state index contributed by atoms with van der Waals surface area (Å²) in [6.07, 6.45) is 4.97. The van der Waals surface area contributed by atoms with E-state index >= 15 is 0 Å². The normalized spacial score (nSPS) is 25.5. The first kappa shape index (κ1) is 14.3. The van der Waals surface area contributed by atoms with Gasteiger partial charge < -0.3 is 5.11 Å². The first-order valence-corrected chi connectivity index (χ1v) is 7.19. The molecule has 1 aromatic rings. The van der Waals surface area contributed by atoms with E-state index in [-0.39, 0.29) is 17.6 Å². The molecule has 1 aromatic carbocycles. The number of hydrogen-bond donors (Lipinski definition) is 1. The molecule has 2 nitrogen and oxygen atoms in total. The zero-order chi connectivity index (χ0) is 14.0. The van der Waals surface area contributed by atoms with Crippen LogP contribution < -0.4 is 0 Å². The smallest absolute Gasteiger partial charge is 0.126 e. The van der Waals surface area contributed by atoms with Crippen molar-refractivity contribution in [3.05, 3.63) is 29.6 Å². The van der Waals surface area contributed by atoms with Crippen LogP contribution in [0.25, 0.3) is 0 Å². The molecule has 1 unspecified atom stereocenters. The molecule has 0 saturated heterocycles. The molecule has 3 heteroatoms. The lowest BCUT2D eigenvalue weighted by Gasteiger charge is -2.37. The van der Waals surface area contributed by atoms with Gasteiger partial charge in [-0.1, -0.05) is 13.0 Å². The van der Waals surface area contributed by atoms with Crippen LogP contribution in [0.5, 0.6) is 5.75 Å². The first-order valence-electron chi connectivity index (χ1n) is 7.19. The Morgan fingerprint density at radius 1 is 1.26 bits per heavy atom.